The van der Waals surface area contributed by atoms with Gasteiger partial charge < -0.3 is 24.1 Å². The van der Waals surface area contributed by atoms with Gasteiger partial charge in [-0.3, -0.25) is 0 Å². The van der Waals surface area contributed by atoms with E-state index in [1.807, 2.05) is 0 Å². The molecule has 9 heteroatoms. The van der Waals surface area contributed by atoms with E-state index in [-0.39, 0.29) is 37.5 Å². The van der Waals surface area contributed by atoms with Crippen LogP contribution in [0.2, 0.25) is 10.0 Å². The number of methoxy groups -OCH3 is 4. The summed E-state index contributed by atoms with van der Waals surface area (Å²) in [7, 11) is 5.24. The Labute approximate surface area is 188 Å². The Hall–Kier alpha value is -3.16. The van der Waals surface area contributed by atoms with Crippen molar-refractivity contribution in [2.24, 2.45) is 0 Å². The third-order valence-electron chi connectivity index (χ3n) is 4.79. The minimum atomic E-state index is -0.924. The van der Waals surface area contributed by atoms with Gasteiger partial charge in [-0.05, 0) is 29.8 Å². The molecule has 162 valence electrons. The van der Waals surface area contributed by atoms with E-state index in [9.17, 15) is 14.7 Å². The first-order valence-corrected chi connectivity index (χ1v) is 9.61. The highest BCUT2D eigenvalue weighted by molar-refractivity contribution is 6.46. The number of ether oxygens (including phenoxy) is 4. The molecule has 7 nitrogen and oxygen atoms in total. The summed E-state index contributed by atoms with van der Waals surface area (Å²) in [4.78, 5) is 25.4. The van der Waals surface area contributed by atoms with Crippen LogP contribution in [0.4, 0.5) is 0 Å². The molecular weight excluding hydrogens is 447 g/mol. The molecule has 0 radical (unpaired) electrons. The Morgan fingerprint density at radius 1 is 0.839 bits per heavy atom. The van der Waals surface area contributed by atoms with E-state index in [2.05, 4.69) is 0 Å². The Morgan fingerprint density at radius 3 is 2.03 bits per heavy atom. The number of rotatable bonds is 5. The Bertz CT molecular complexity index is 1200. The van der Waals surface area contributed by atoms with Crippen molar-refractivity contribution < 1.29 is 33.6 Å². The summed E-state index contributed by atoms with van der Waals surface area (Å²) in [6, 6.07) is 7.86. The molecule has 0 aliphatic carbocycles. The van der Waals surface area contributed by atoms with Crippen LogP contribution in [0.15, 0.2) is 30.3 Å². The number of benzene rings is 3. The number of halogens is 2. The lowest BCUT2D eigenvalue weighted by Gasteiger charge is -2.19. The molecule has 0 unspecified atom stereocenters. The van der Waals surface area contributed by atoms with Crippen molar-refractivity contribution in [2.75, 3.05) is 28.4 Å². The summed E-state index contributed by atoms with van der Waals surface area (Å²) in [6.07, 6.45) is 0. The van der Waals surface area contributed by atoms with E-state index in [4.69, 9.17) is 42.1 Å². The number of hydrogen-bond acceptors (Lipinski definition) is 7. The molecule has 0 aliphatic rings. The SMILES string of the molecule is COC(=O)c1c(C(=O)OC)c(-c2ccc(OC)c(OC)c2)c2c(Cl)c(Cl)ccc2c1O. The van der Waals surface area contributed by atoms with E-state index in [1.54, 1.807) is 18.2 Å². The summed E-state index contributed by atoms with van der Waals surface area (Å²) in [5.41, 5.74) is 0.0756. The lowest BCUT2D eigenvalue weighted by atomic mass is 9.88. The van der Waals surface area contributed by atoms with Crippen LogP contribution >= 0.6 is 23.2 Å². The van der Waals surface area contributed by atoms with Crippen molar-refractivity contribution in [3.8, 4) is 28.4 Å². The smallest absolute Gasteiger partial charge is 0.342 e. The van der Waals surface area contributed by atoms with Crippen LogP contribution in [-0.4, -0.2) is 45.5 Å². The molecule has 1 N–H and O–H groups in total. The Balaban J connectivity index is 2.62. The van der Waals surface area contributed by atoms with Crippen molar-refractivity contribution >= 4 is 45.9 Å². The fourth-order valence-electron chi connectivity index (χ4n) is 3.38. The second kappa shape index (κ2) is 8.91. The molecule has 3 aromatic rings. The zero-order valence-electron chi connectivity index (χ0n) is 17.0. The van der Waals surface area contributed by atoms with Crippen LogP contribution in [0.5, 0.6) is 17.2 Å². The van der Waals surface area contributed by atoms with Gasteiger partial charge >= 0.3 is 11.9 Å². The second-order valence-corrected chi connectivity index (χ2v) is 7.10. The quantitative estimate of drug-likeness (QED) is 0.524. The monoisotopic (exact) mass is 464 g/mol. The molecule has 3 rings (SSSR count). The van der Waals surface area contributed by atoms with Gasteiger partial charge in [0.1, 0.15) is 11.3 Å². The predicted octanol–water partition coefficient (Wildman–Crippen LogP) is 5.11. The molecule has 0 spiro atoms. The molecule has 0 aromatic heterocycles. The summed E-state index contributed by atoms with van der Waals surface area (Å²) < 4.78 is 20.4. The number of hydrogen-bond donors (Lipinski definition) is 1. The van der Waals surface area contributed by atoms with E-state index in [1.165, 1.54) is 26.4 Å². The molecule has 0 atom stereocenters. The number of phenols is 1. The van der Waals surface area contributed by atoms with Gasteiger partial charge in [0.25, 0.3) is 0 Å². The van der Waals surface area contributed by atoms with Crippen LogP contribution < -0.4 is 9.47 Å². The largest absolute Gasteiger partial charge is 0.506 e. The molecule has 0 heterocycles. The van der Waals surface area contributed by atoms with Gasteiger partial charge in [0.2, 0.25) is 0 Å². The average Bonchev–Trinajstić information content (AvgIpc) is 2.79. The van der Waals surface area contributed by atoms with E-state index >= 15 is 0 Å². The molecular formula is C22H18Cl2O7. The first-order chi connectivity index (χ1) is 14.8. The molecule has 0 saturated heterocycles. The molecule has 0 aliphatic heterocycles. The van der Waals surface area contributed by atoms with Crippen LogP contribution in [0.25, 0.3) is 21.9 Å². The zero-order valence-corrected chi connectivity index (χ0v) is 18.6. The second-order valence-electron chi connectivity index (χ2n) is 6.31. The highest BCUT2D eigenvalue weighted by Gasteiger charge is 2.31. The molecule has 0 bridgehead atoms. The van der Waals surface area contributed by atoms with E-state index < -0.39 is 17.7 Å². The van der Waals surface area contributed by atoms with E-state index in [0.29, 0.717) is 17.1 Å². The van der Waals surface area contributed by atoms with Gasteiger partial charge in [0.15, 0.2) is 11.5 Å². The molecule has 31 heavy (non-hydrogen) atoms. The third kappa shape index (κ3) is 3.71. The average molecular weight is 465 g/mol. The Kier molecular flexibility index (Phi) is 6.48. The van der Waals surface area contributed by atoms with Crippen molar-refractivity contribution in [3.63, 3.8) is 0 Å². The van der Waals surface area contributed by atoms with Crippen molar-refractivity contribution in [2.45, 2.75) is 0 Å². The molecule has 0 amide bonds. The number of esters is 2. The minimum Gasteiger partial charge on any atom is -0.506 e. The van der Waals surface area contributed by atoms with Gasteiger partial charge in [0, 0.05) is 16.3 Å². The zero-order chi connectivity index (χ0) is 22.9. The predicted molar refractivity (Wildman–Crippen MR) is 117 cm³/mol. The van der Waals surface area contributed by atoms with Crippen LogP contribution in [-0.2, 0) is 9.47 Å². The number of carbonyl (C=O) groups excluding carboxylic acids is 2. The van der Waals surface area contributed by atoms with Gasteiger partial charge in [-0.15, -0.1) is 0 Å². The fraction of sp³-hybridized carbons (Fsp3) is 0.182. The molecule has 3 aromatic carbocycles. The number of phenolic OH excluding ortho intramolecular Hbond substituents is 1. The third-order valence-corrected chi connectivity index (χ3v) is 5.59. The normalized spacial score (nSPS) is 10.6. The van der Waals surface area contributed by atoms with Gasteiger partial charge in [-0.2, -0.15) is 0 Å². The maximum absolute atomic E-state index is 12.8. The number of carbonyl (C=O) groups is 2. The lowest BCUT2D eigenvalue weighted by molar-refractivity contribution is 0.0553. The summed E-state index contributed by atoms with van der Waals surface area (Å²) in [5, 5.41) is 11.6. The van der Waals surface area contributed by atoms with Crippen molar-refractivity contribution in [1.82, 2.24) is 0 Å². The highest BCUT2D eigenvalue weighted by atomic mass is 35.5. The highest BCUT2D eigenvalue weighted by Crippen LogP contribution is 2.47. The van der Waals surface area contributed by atoms with Gasteiger partial charge in [0.05, 0.1) is 44.0 Å². The van der Waals surface area contributed by atoms with Gasteiger partial charge in [-0.25, -0.2) is 9.59 Å². The first kappa shape index (κ1) is 22.5. The lowest BCUT2D eigenvalue weighted by Crippen LogP contribution is -2.14. The van der Waals surface area contributed by atoms with Crippen LogP contribution in [0.1, 0.15) is 20.7 Å². The summed E-state index contributed by atoms with van der Waals surface area (Å²) in [5.74, 6) is -1.46. The fourth-order valence-corrected chi connectivity index (χ4v) is 3.80. The van der Waals surface area contributed by atoms with Gasteiger partial charge in [-0.1, -0.05) is 29.3 Å². The summed E-state index contributed by atoms with van der Waals surface area (Å²) in [6.45, 7) is 0. The topological polar surface area (TPSA) is 91.3 Å². The maximum Gasteiger partial charge on any atom is 0.342 e. The molecule has 0 fully saturated rings. The standard InChI is InChI=1S/C22H18Cl2O7/c1-28-13-8-5-10(9-14(13)29-2)15-16-11(6-7-12(23)19(16)24)20(25)18(22(27)31-4)17(15)21(26)30-3/h5-9,25H,1-4H3. The minimum absolute atomic E-state index is 0.0841. The maximum atomic E-state index is 12.8. The number of aromatic hydroxyl groups is 1. The first-order valence-electron chi connectivity index (χ1n) is 8.86. The number of fused-ring (bicyclic) bond motifs is 1. The van der Waals surface area contributed by atoms with Crippen LogP contribution in [0, 0.1) is 0 Å². The van der Waals surface area contributed by atoms with Crippen molar-refractivity contribution in [3.05, 3.63) is 51.5 Å². The summed E-state index contributed by atoms with van der Waals surface area (Å²) >= 11 is 12.7. The van der Waals surface area contributed by atoms with Crippen molar-refractivity contribution in [1.29, 1.82) is 0 Å². The van der Waals surface area contributed by atoms with E-state index in [0.717, 1.165) is 14.2 Å². The molecule has 0 saturated carbocycles. The van der Waals surface area contributed by atoms with Crippen LogP contribution in [0.3, 0.4) is 0 Å². The Morgan fingerprint density at radius 2 is 1.45 bits per heavy atom.